The number of hydrogen-bond acceptors (Lipinski definition) is 19. The summed E-state index contributed by atoms with van der Waals surface area (Å²) in [5.74, 6) is -1.87. The molecule has 3 aromatic rings. The molecule has 3 aromatic carbocycles. The fourth-order valence-corrected chi connectivity index (χ4v) is 10.4. The van der Waals surface area contributed by atoms with Crippen molar-refractivity contribution < 1.29 is 92.7 Å². The van der Waals surface area contributed by atoms with Crippen LogP contribution < -0.4 is 4.74 Å². The van der Waals surface area contributed by atoms with E-state index in [1.165, 1.54) is 24.3 Å². The molecule has 7 N–H and O–H groups in total. The highest BCUT2D eigenvalue weighted by atomic mass is 16.8. The number of carbonyl (C=O) groups is 2. The zero-order valence-corrected chi connectivity index (χ0v) is 38.7. The third-order valence-corrected chi connectivity index (χ3v) is 14.0. The molecule has 5 aliphatic heterocycles. The first-order valence-electron chi connectivity index (χ1n) is 23.5. The van der Waals surface area contributed by atoms with Crippen LogP contribution in [0, 0.1) is 6.92 Å². The zero-order chi connectivity index (χ0) is 48.5. The van der Waals surface area contributed by atoms with Gasteiger partial charge in [-0.25, -0.2) is 0 Å². The Bertz CT molecular complexity index is 2310. The molecule has 1 aliphatic carbocycles. The van der Waals surface area contributed by atoms with Gasteiger partial charge in [0.25, 0.3) is 0 Å². The van der Waals surface area contributed by atoms with Crippen molar-refractivity contribution in [3.63, 3.8) is 0 Å². The van der Waals surface area contributed by atoms with Crippen LogP contribution in [0.25, 0.3) is 10.8 Å². The van der Waals surface area contributed by atoms with Crippen LogP contribution in [0.15, 0.2) is 36.4 Å². The van der Waals surface area contributed by atoms with E-state index in [4.69, 9.17) is 47.4 Å². The summed E-state index contributed by atoms with van der Waals surface area (Å²) in [6.07, 6.45) is -14.3. The molecule has 0 radical (unpaired) electrons. The van der Waals surface area contributed by atoms with Gasteiger partial charge in [-0.3, -0.25) is 9.59 Å². The molecule has 0 bridgehead atoms. The lowest BCUT2D eigenvalue weighted by molar-refractivity contribution is -0.336. The highest BCUT2D eigenvalue weighted by molar-refractivity contribution is 6.34. The molecule has 0 amide bonds. The summed E-state index contributed by atoms with van der Waals surface area (Å²) < 4.78 is 61.2. The number of aliphatic hydroxyl groups excluding tert-OH is 5. The molecular weight excluding hydrogens is 893 g/mol. The van der Waals surface area contributed by atoms with Crippen LogP contribution in [-0.4, -0.2) is 164 Å². The molecule has 19 nitrogen and oxygen atoms in total. The summed E-state index contributed by atoms with van der Waals surface area (Å²) in [7, 11) is 0. The molecule has 9 rings (SSSR count). The molecule has 0 spiro atoms. The van der Waals surface area contributed by atoms with Gasteiger partial charge in [-0.05, 0) is 83.2 Å². The lowest BCUT2D eigenvalue weighted by atomic mass is 9.80. The smallest absolute Gasteiger partial charge is 0.202 e. The van der Waals surface area contributed by atoms with Crippen molar-refractivity contribution in [2.24, 2.45) is 0 Å². The number of hydrogen-bond donors (Lipinski definition) is 7. The predicted molar refractivity (Wildman–Crippen MR) is 235 cm³/mol. The van der Waals surface area contributed by atoms with Crippen LogP contribution in [0.1, 0.15) is 111 Å². The summed E-state index contributed by atoms with van der Waals surface area (Å²) in [5.41, 5.74) is 0.368. The number of fused-ring (bicyclic) bond motifs is 4. The standard InChI is InChI=1S/C49H62O19/c1-19-13-25-7-8-26-41(40(25)28(51)14-19)47(58)42-27(50)9-10-33(43(42)46(26)57)65-37-17-31(54)49(24(6)63-37)68-39-18-34(45(56)22(4)61-39)66-35-12-11-32(20(2)59-35)64-36-16-30(53)48(23(5)62-36)67-38-15-29(52)44(55)21(3)60-38/h7-10,13-14,20-24,29-32,34-39,44-45,48-56H,11-12,15-18H2,1-6H3/t20-,21+,22+,23?,24+,29+,30+,31+,32-,34+,35-,36-,37-,38-,39-,44+,45+,48+,49+/m0/s1. The second-order valence-corrected chi connectivity index (χ2v) is 19.1. The monoisotopic (exact) mass is 954 g/mol. The van der Waals surface area contributed by atoms with Gasteiger partial charge >= 0.3 is 0 Å². The number of ketones is 2. The SMILES string of the molecule is Cc1cc(O)c2c3c(ccc2c1)C(=O)c1c(O[C@H]2C[C@@H](O)[C@H](O[C@H]4C[C@@H](O[C@H]5CC[C@H](O[C@H]6C[C@@H](O)[C@H](O[C@H]7C[C@@H](O)[C@H](O)[C@@H](C)O7)C(C)O6)[C@H](C)O5)[C@H](O)[C@@H](C)O4)[C@@H](C)O2)ccc(O)c1C3=O. The van der Waals surface area contributed by atoms with E-state index in [1.807, 2.05) is 6.92 Å². The molecule has 19 atom stereocenters. The summed E-state index contributed by atoms with van der Waals surface area (Å²) in [6.45, 7) is 10.4. The molecule has 5 saturated heterocycles. The maximum Gasteiger partial charge on any atom is 0.202 e. The Morgan fingerprint density at radius 3 is 1.75 bits per heavy atom. The van der Waals surface area contributed by atoms with E-state index in [2.05, 4.69) is 0 Å². The number of phenols is 2. The maximum absolute atomic E-state index is 14.1. The fraction of sp³-hybridized carbons (Fsp3) is 0.633. The number of carbonyl (C=O) groups excluding carboxylic acids is 2. The highest BCUT2D eigenvalue weighted by Gasteiger charge is 2.47. The largest absolute Gasteiger partial charge is 0.507 e. The minimum absolute atomic E-state index is 0.0148. The second kappa shape index (κ2) is 19.7. The van der Waals surface area contributed by atoms with Gasteiger partial charge < -0.3 is 83.1 Å². The summed E-state index contributed by atoms with van der Waals surface area (Å²) in [6, 6.07) is 9.06. The Balaban J connectivity index is 0.775. The maximum atomic E-state index is 14.1. The van der Waals surface area contributed by atoms with E-state index in [0.717, 1.165) is 5.56 Å². The van der Waals surface area contributed by atoms with Crippen molar-refractivity contribution >= 4 is 22.3 Å². The molecule has 5 heterocycles. The summed E-state index contributed by atoms with van der Waals surface area (Å²) in [5, 5.41) is 76.3. The number of ether oxygens (including phenoxy) is 10. The minimum atomic E-state index is -1.15. The van der Waals surface area contributed by atoms with Gasteiger partial charge in [0.2, 0.25) is 6.29 Å². The van der Waals surface area contributed by atoms with Gasteiger partial charge in [-0.1, -0.05) is 12.1 Å². The predicted octanol–water partition coefficient (Wildman–Crippen LogP) is 3.12. The molecule has 5 fully saturated rings. The van der Waals surface area contributed by atoms with Crippen LogP contribution in [-0.2, 0) is 42.6 Å². The minimum Gasteiger partial charge on any atom is -0.507 e. The Morgan fingerprint density at radius 2 is 1.09 bits per heavy atom. The van der Waals surface area contributed by atoms with Crippen molar-refractivity contribution in [3.05, 3.63) is 64.2 Å². The number of aromatic hydroxyl groups is 2. The summed E-state index contributed by atoms with van der Waals surface area (Å²) >= 11 is 0. The number of phenolic OH excluding ortho intramolecular Hbond substituents is 2. The number of aryl methyl sites for hydroxylation is 1. The van der Waals surface area contributed by atoms with Gasteiger partial charge in [-0.15, -0.1) is 0 Å². The van der Waals surface area contributed by atoms with Crippen molar-refractivity contribution in [2.45, 2.75) is 197 Å². The molecule has 0 saturated carbocycles. The Labute approximate surface area is 392 Å². The molecule has 19 heteroatoms. The normalized spacial score (nSPS) is 39.9. The van der Waals surface area contributed by atoms with E-state index in [0.29, 0.717) is 18.2 Å². The van der Waals surface area contributed by atoms with Crippen molar-refractivity contribution in [3.8, 4) is 17.2 Å². The third-order valence-electron chi connectivity index (χ3n) is 14.0. The molecule has 0 aromatic heterocycles. The van der Waals surface area contributed by atoms with Gasteiger partial charge in [-0.2, -0.15) is 0 Å². The van der Waals surface area contributed by atoms with E-state index in [1.54, 1.807) is 46.8 Å². The number of rotatable bonds is 10. The van der Waals surface area contributed by atoms with Gasteiger partial charge in [0, 0.05) is 48.6 Å². The van der Waals surface area contributed by atoms with Gasteiger partial charge in [0.05, 0.1) is 72.2 Å². The first-order chi connectivity index (χ1) is 32.3. The van der Waals surface area contributed by atoms with Gasteiger partial charge in [0.1, 0.15) is 41.7 Å². The quantitative estimate of drug-likeness (QED) is 0.120. The van der Waals surface area contributed by atoms with E-state index >= 15 is 0 Å². The van der Waals surface area contributed by atoms with Gasteiger partial charge in [0.15, 0.2) is 36.7 Å². The van der Waals surface area contributed by atoms with Crippen molar-refractivity contribution in [1.82, 2.24) is 0 Å². The molecule has 6 aliphatic rings. The van der Waals surface area contributed by atoms with Crippen LogP contribution >= 0.6 is 0 Å². The van der Waals surface area contributed by atoms with E-state index in [9.17, 15) is 45.3 Å². The highest BCUT2D eigenvalue weighted by Crippen LogP contribution is 2.44. The first kappa shape index (κ1) is 49.1. The first-order valence-corrected chi connectivity index (χ1v) is 23.5. The lowest BCUT2D eigenvalue weighted by Crippen LogP contribution is -2.56. The van der Waals surface area contributed by atoms with Crippen LogP contribution in [0.5, 0.6) is 17.2 Å². The average molecular weight is 955 g/mol. The fourth-order valence-electron chi connectivity index (χ4n) is 10.4. The van der Waals surface area contributed by atoms with E-state index < -0.39 is 134 Å². The number of benzene rings is 3. The molecular formula is C49H62O19. The zero-order valence-electron chi connectivity index (χ0n) is 38.7. The Hall–Kier alpha value is -3.90. The van der Waals surface area contributed by atoms with Crippen LogP contribution in [0.3, 0.4) is 0 Å². The van der Waals surface area contributed by atoms with Crippen LogP contribution in [0.2, 0.25) is 0 Å². The average Bonchev–Trinajstić information content (AvgIpc) is 3.27. The lowest BCUT2D eigenvalue weighted by Gasteiger charge is -2.45. The molecule has 68 heavy (non-hydrogen) atoms. The van der Waals surface area contributed by atoms with Crippen molar-refractivity contribution in [2.75, 3.05) is 0 Å². The van der Waals surface area contributed by atoms with Crippen molar-refractivity contribution in [1.29, 1.82) is 0 Å². The van der Waals surface area contributed by atoms with Crippen LogP contribution in [0.4, 0.5) is 0 Å². The summed E-state index contributed by atoms with van der Waals surface area (Å²) in [4.78, 5) is 28.1. The Morgan fingerprint density at radius 1 is 0.515 bits per heavy atom. The number of aliphatic hydroxyl groups is 5. The van der Waals surface area contributed by atoms with E-state index in [-0.39, 0.29) is 64.8 Å². The second-order valence-electron chi connectivity index (χ2n) is 19.1. The molecule has 372 valence electrons. The molecule has 1 unspecified atom stereocenters. The Kier molecular flexibility index (Phi) is 14.2. The topological polar surface area (TPSA) is 268 Å². The third kappa shape index (κ3) is 9.64.